The summed E-state index contributed by atoms with van der Waals surface area (Å²) in [6.45, 7) is 0.442. The van der Waals surface area contributed by atoms with Crippen molar-refractivity contribution in [2.24, 2.45) is 7.05 Å². The molecule has 3 heterocycles. The number of hydrogen-bond donors (Lipinski definition) is 0. The molecule has 5 rings (SSSR count). The molecule has 0 bridgehead atoms. The maximum Gasteiger partial charge on any atom is 0.182 e. The fraction of sp³-hybridized carbons (Fsp3) is 0.100. The van der Waals surface area contributed by atoms with Crippen LogP contribution in [0.3, 0.4) is 0 Å². The third-order valence-electron chi connectivity index (χ3n) is 4.47. The molecule has 0 saturated carbocycles. The molecular formula is C20H15ClN6O. The first-order valence-corrected chi connectivity index (χ1v) is 9.06. The normalized spacial score (nSPS) is 11.4. The van der Waals surface area contributed by atoms with Gasteiger partial charge in [0.05, 0.1) is 11.6 Å². The van der Waals surface area contributed by atoms with Gasteiger partial charge in [0.15, 0.2) is 17.1 Å². The van der Waals surface area contributed by atoms with Gasteiger partial charge in [-0.2, -0.15) is 5.10 Å². The van der Waals surface area contributed by atoms with Crippen molar-refractivity contribution in [1.29, 1.82) is 0 Å². The fourth-order valence-corrected chi connectivity index (χ4v) is 3.18. The van der Waals surface area contributed by atoms with E-state index in [-0.39, 0.29) is 0 Å². The summed E-state index contributed by atoms with van der Waals surface area (Å²) in [5.41, 5.74) is 3.45. The number of halogens is 1. The topological polar surface area (TPSA) is 70.1 Å². The average molecular weight is 391 g/mol. The Labute approximate surface area is 165 Å². The van der Waals surface area contributed by atoms with Crippen LogP contribution in [-0.2, 0) is 13.7 Å². The number of benzene rings is 2. The third kappa shape index (κ3) is 2.95. The smallest absolute Gasteiger partial charge is 0.182 e. The van der Waals surface area contributed by atoms with Crippen molar-refractivity contribution < 1.29 is 4.74 Å². The number of ether oxygens (including phenoxy) is 1. The summed E-state index contributed by atoms with van der Waals surface area (Å²) in [6.07, 6.45) is 3.41. The molecule has 0 fully saturated rings. The van der Waals surface area contributed by atoms with Crippen LogP contribution in [0.25, 0.3) is 28.1 Å². The summed E-state index contributed by atoms with van der Waals surface area (Å²) in [5, 5.41) is 10.4. The SMILES string of the molecule is Cn1ncc2c1ncn1nc(-c3cccc(COc4ccc(Cl)cc4)c3)nc21. The Kier molecular flexibility index (Phi) is 3.95. The van der Waals surface area contributed by atoms with Gasteiger partial charge in [-0.25, -0.2) is 14.5 Å². The zero-order valence-electron chi connectivity index (χ0n) is 15.0. The van der Waals surface area contributed by atoms with Crippen LogP contribution in [0.5, 0.6) is 5.75 Å². The van der Waals surface area contributed by atoms with Gasteiger partial charge in [0.2, 0.25) is 0 Å². The molecule has 7 nitrogen and oxygen atoms in total. The van der Waals surface area contributed by atoms with Crippen molar-refractivity contribution in [3.05, 3.63) is 71.6 Å². The van der Waals surface area contributed by atoms with E-state index < -0.39 is 0 Å². The quantitative estimate of drug-likeness (QED) is 0.465. The molecule has 0 unspecified atom stereocenters. The molecule has 138 valence electrons. The van der Waals surface area contributed by atoms with Gasteiger partial charge in [0.25, 0.3) is 0 Å². The lowest BCUT2D eigenvalue weighted by molar-refractivity contribution is 0.306. The maximum atomic E-state index is 5.91. The van der Waals surface area contributed by atoms with Crippen molar-refractivity contribution in [2.45, 2.75) is 6.61 Å². The molecule has 5 aromatic rings. The number of aromatic nitrogens is 6. The molecule has 0 aliphatic rings. The highest BCUT2D eigenvalue weighted by molar-refractivity contribution is 6.30. The minimum absolute atomic E-state index is 0.442. The lowest BCUT2D eigenvalue weighted by atomic mass is 10.1. The van der Waals surface area contributed by atoms with Gasteiger partial charge >= 0.3 is 0 Å². The first kappa shape index (κ1) is 16.7. The molecule has 0 atom stereocenters. The second-order valence-electron chi connectivity index (χ2n) is 6.40. The molecule has 3 aromatic heterocycles. The molecule has 8 heteroatoms. The summed E-state index contributed by atoms with van der Waals surface area (Å²) < 4.78 is 9.23. The van der Waals surface area contributed by atoms with Crippen molar-refractivity contribution in [1.82, 2.24) is 29.4 Å². The van der Waals surface area contributed by atoms with Gasteiger partial charge in [-0.05, 0) is 35.9 Å². The predicted octanol–water partition coefficient (Wildman–Crippen LogP) is 3.91. The average Bonchev–Trinajstić information content (AvgIpc) is 3.31. The second kappa shape index (κ2) is 6.61. The van der Waals surface area contributed by atoms with Gasteiger partial charge < -0.3 is 4.74 Å². The largest absolute Gasteiger partial charge is 0.489 e. The Hall–Kier alpha value is -3.45. The molecule has 0 saturated heterocycles. The summed E-state index contributed by atoms with van der Waals surface area (Å²) >= 11 is 5.91. The lowest BCUT2D eigenvalue weighted by Gasteiger charge is -2.07. The van der Waals surface area contributed by atoms with Crippen molar-refractivity contribution in [3.8, 4) is 17.1 Å². The minimum atomic E-state index is 0.442. The van der Waals surface area contributed by atoms with E-state index in [0.29, 0.717) is 17.5 Å². The van der Waals surface area contributed by atoms with Gasteiger partial charge in [0.1, 0.15) is 18.7 Å². The number of rotatable bonds is 4. The Balaban J connectivity index is 1.45. The number of aryl methyl sites for hydroxylation is 1. The Morgan fingerprint density at radius 1 is 1.07 bits per heavy atom. The van der Waals surface area contributed by atoms with Crippen LogP contribution in [0.1, 0.15) is 5.56 Å². The van der Waals surface area contributed by atoms with Crippen LogP contribution >= 0.6 is 11.6 Å². The van der Waals surface area contributed by atoms with E-state index in [9.17, 15) is 0 Å². The maximum absolute atomic E-state index is 5.91. The van der Waals surface area contributed by atoms with Gasteiger partial charge in [-0.15, -0.1) is 5.10 Å². The standard InChI is InChI=1S/C20H15ClN6O/c1-26-19-17(10-23-26)20-24-18(25-27(20)12-22-19)14-4-2-3-13(9-14)11-28-16-7-5-15(21)6-8-16/h2-10,12H,11H2,1H3. The van der Waals surface area contributed by atoms with Crippen LogP contribution in [0, 0.1) is 0 Å². The summed E-state index contributed by atoms with van der Waals surface area (Å²) in [7, 11) is 1.85. The molecule has 28 heavy (non-hydrogen) atoms. The molecule has 0 radical (unpaired) electrons. The van der Waals surface area contributed by atoms with Crippen LogP contribution in [0.15, 0.2) is 61.1 Å². The highest BCUT2D eigenvalue weighted by Crippen LogP contribution is 2.22. The van der Waals surface area contributed by atoms with E-state index in [1.165, 1.54) is 0 Å². The molecular weight excluding hydrogens is 376 g/mol. The first-order valence-electron chi connectivity index (χ1n) is 8.68. The third-order valence-corrected chi connectivity index (χ3v) is 4.73. The molecule has 0 spiro atoms. The molecule has 0 aliphatic carbocycles. The predicted molar refractivity (Wildman–Crippen MR) is 106 cm³/mol. The van der Waals surface area contributed by atoms with Crippen molar-refractivity contribution >= 4 is 28.3 Å². The van der Waals surface area contributed by atoms with E-state index in [1.807, 2.05) is 43.4 Å². The highest BCUT2D eigenvalue weighted by atomic mass is 35.5. The Morgan fingerprint density at radius 3 is 2.79 bits per heavy atom. The monoisotopic (exact) mass is 390 g/mol. The fourth-order valence-electron chi connectivity index (χ4n) is 3.06. The van der Waals surface area contributed by atoms with Crippen LogP contribution in [0.2, 0.25) is 5.02 Å². The summed E-state index contributed by atoms with van der Waals surface area (Å²) in [5.74, 6) is 1.40. The van der Waals surface area contributed by atoms with Crippen molar-refractivity contribution in [2.75, 3.05) is 0 Å². The van der Waals surface area contributed by atoms with Gasteiger partial charge in [0, 0.05) is 17.6 Å². The Morgan fingerprint density at radius 2 is 1.93 bits per heavy atom. The zero-order chi connectivity index (χ0) is 19.1. The van der Waals surface area contributed by atoms with E-state index >= 15 is 0 Å². The van der Waals surface area contributed by atoms with E-state index in [4.69, 9.17) is 21.3 Å². The second-order valence-corrected chi connectivity index (χ2v) is 6.83. The van der Waals surface area contributed by atoms with E-state index in [1.54, 1.807) is 33.9 Å². The lowest BCUT2D eigenvalue weighted by Crippen LogP contribution is -1.96. The van der Waals surface area contributed by atoms with Crippen LogP contribution in [-0.4, -0.2) is 29.4 Å². The summed E-state index contributed by atoms with van der Waals surface area (Å²) in [4.78, 5) is 9.09. The van der Waals surface area contributed by atoms with Crippen LogP contribution < -0.4 is 4.74 Å². The highest BCUT2D eigenvalue weighted by Gasteiger charge is 2.12. The molecule has 0 aliphatic heterocycles. The summed E-state index contributed by atoms with van der Waals surface area (Å²) in [6, 6.07) is 15.3. The van der Waals surface area contributed by atoms with Gasteiger partial charge in [-0.3, -0.25) is 4.68 Å². The number of nitrogens with zero attached hydrogens (tertiary/aromatic N) is 6. The zero-order valence-corrected chi connectivity index (χ0v) is 15.7. The number of fused-ring (bicyclic) bond motifs is 3. The first-order chi connectivity index (χ1) is 13.7. The van der Waals surface area contributed by atoms with Crippen LogP contribution in [0.4, 0.5) is 0 Å². The van der Waals surface area contributed by atoms with E-state index in [2.05, 4.69) is 15.2 Å². The number of hydrogen-bond acceptors (Lipinski definition) is 5. The molecule has 0 N–H and O–H groups in total. The van der Waals surface area contributed by atoms with Gasteiger partial charge in [-0.1, -0.05) is 29.8 Å². The minimum Gasteiger partial charge on any atom is -0.489 e. The van der Waals surface area contributed by atoms with Crippen molar-refractivity contribution in [3.63, 3.8) is 0 Å². The molecule has 2 aromatic carbocycles. The Bertz CT molecular complexity index is 1290. The molecule has 0 amide bonds. The van der Waals surface area contributed by atoms with E-state index in [0.717, 1.165) is 33.6 Å².